The molecule has 0 aliphatic rings. The molecule has 1 aromatic rings. The SMILES string of the molecule is C=C(C)C(=C\C=C(/C)C#N)/C(=C\C)C(=O)C(Nc1cccc(N)c1)/C(=C/C=C\C)CC. The minimum atomic E-state index is -0.571. The second kappa shape index (κ2) is 12.9. The maximum Gasteiger partial charge on any atom is 0.189 e. The number of hydrogen-bond donors (Lipinski definition) is 2. The van der Waals surface area contributed by atoms with Crippen LogP contribution in [0.4, 0.5) is 11.4 Å². The lowest BCUT2D eigenvalue weighted by molar-refractivity contribution is -0.115. The van der Waals surface area contributed by atoms with Crippen molar-refractivity contribution >= 4 is 17.2 Å². The predicted molar refractivity (Wildman–Crippen MR) is 132 cm³/mol. The fourth-order valence-corrected chi connectivity index (χ4v) is 3.05. The van der Waals surface area contributed by atoms with Crippen molar-refractivity contribution < 1.29 is 4.79 Å². The first kappa shape index (κ1) is 25.5. The molecule has 1 atom stereocenters. The maximum atomic E-state index is 13.8. The summed E-state index contributed by atoms with van der Waals surface area (Å²) in [5.74, 6) is -0.0696. The number of nitrogens with one attached hydrogen (secondary N) is 1. The normalized spacial score (nSPS) is 14.3. The highest BCUT2D eigenvalue weighted by molar-refractivity contribution is 6.07. The number of nitrogens with zero attached hydrogens (tertiary/aromatic N) is 1. The van der Waals surface area contributed by atoms with E-state index in [-0.39, 0.29) is 5.78 Å². The van der Waals surface area contributed by atoms with Gasteiger partial charge in [-0.2, -0.15) is 5.26 Å². The lowest BCUT2D eigenvalue weighted by atomic mass is 9.88. The molecule has 0 spiro atoms. The first-order valence-electron chi connectivity index (χ1n) is 10.4. The van der Waals surface area contributed by atoms with E-state index < -0.39 is 6.04 Å². The molecule has 0 aliphatic heterocycles. The molecule has 3 N–H and O–H groups in total. The minimum Gasteiger partial charge on any atom is -0.399 e. The van der Waals surface area contributed by atoms with E-state index in [9.17, 15) is 4.79 Å². The molecule has 0 radical (unpaired) electrons. The second-order valence-electron chi connectivity index (χ2n) is 7.21. The van der Waals surface area contributed by atoms with Crippen molar-refractivity contribution in [2.24, 2.45) is 0 Å². The topological polar surface area (TPSA) is 78.9 Å². The summed E-state index contributed by atoms with van der Waals surface area (Å²) >= 11 is 0. The van der Waals surface area contributed by atoms with Gasteiger partial charge >= 0.3 is 0 Å². The Morgan fingerprint density at radius 2 is 1.94 bits per heavy atom. The molecule has 0 heterocycles. The van der Waals surface area contributed by atoms with E-state index in [4.69, 9.17) is 11.0 Å². The molecule has 0 saturated carbocycles. The van der Waals surface area contributed by atoms with Crippen molar-refractivity contribution in [3.8, 4) is 6.07 Å². The summed E-state index contributed by atoms with van der Waals surface area (Å²) in [6, 6.07) is 8.89. The molecule has 4 heteroatoms. The van der Waals surface area contributed by atoms with Gasteiger partial charge in [0, 0.05) is 22.5 Å². The van der Waals surface area contributed by atoms with Gasteiger partial charge in [-0.05, 0) is 69.5 Å². The number of hydrogen-bond acceptors (Lipinski definition) is 4. The van der Waals surface area contributed by atoms with Crippen LogP contribution in [0, 0.1) is 11.3 Å². The fraction of sp³-hybridized carbons (Fsp3) is 0.259. The second-order valence-corrected chi connectivity index (χ2v) is 7.21. The number of rotatable bonds is 10. The van der Waals surface area contributed by atoms with Gasteiger partial charge in [0.15, 0.2) is 5.78 Å². The number of benzene rings is 1. The van der Waals surface area contributed by atoms with Gasteiger partial charge in [0.05, 0.1) is 6.07 Å². The van der Waals surface area contributed by atoms with Crippen molar-refractivity contribution in [3.05, 3.63) is 95.2 Å². The molecule has 0 amide bonds. The van der Waals surface area contributed by atoms with Crippen LogP contribution in [-0.4, -0.2) is 11.8 Å². The zero-order valence-corrected chi connectivity index (χ0v) is 19.2. The minimum absolute atomic E-state index is 0.0696. The quantitative estimate of drug-likeness (QED) is 0.199. The summed E-state index contributed by atoms with van der Waals surface area (Å²) in [5.41, 5.74) is 10.9. The van der Waals surface area contributed by atoms with Gasteiger partial charge in [-0.1, -0.05) is 55.5 Å². The molecule has 0 aliphatic carbocycles. The summed E-state index contributed by atoms with van der Waals surface area (Å²) in [4.78, 5) is 13.8. The summed E-state index contributed by atoms with van der Waals surface area (Å²) in [6.45, 7) is 13.4. The Hall–Kier alpha value is -3.58. The number of anilines is 2. The lowest BCUT2D eigenvalue weighted by Crippen LogP contribution is -2.33. The zero-order chi connectivity index (χ0) is 23.4. The molecule has 1 unspecified atom stereocenters. The van der Waals surface area contributed by atoms with Gasteiger partial charge in [0.25, 0.3) is 0 Å². The Morgan fingerprint density at radius 3 is 2.45 bits per heavy atom. The van der Waals surface area contributed by atoms with Gasteiger partial charge in [0.2, 0.25) is 0 Å². The maximum absolute atomic E-state index is 13.8. The van der Waals surface area contributed by atoms with Crippen LogP contribution in [0.2, 0.25) is 0 Å². The Bertz CT molecular complexity index is 998. The average molecular weight is 416 g/mol. The Morgan fingerprint density at radius 1 is 1.23 bits per heavy atom. The summed E-state index contributed by atoms with van der Waals surface area (Å²) in [6.07, 6.45) is 11.8. The highest BCUT2D eigenvalue weighted by Gasteiger charge is 2.26. The van der Waals surface area contributed by atoms with E-state index in [1.165, 1.54) is 0 Å². The van der Waals surface area contributed by atoms with Crippen LogP contribution in [0.25, 0.3) is 0 Å². The van der Waals surface area contributed by atoms with E-state index in [2.05, 4.69) is 18.0 Å². The number of allylic oxidation sites excluding steroid dienone is 9. The number of nitrogen functional groups attached to an aromatic ring is 1. The Balaban J connectivity index is 3.54. The standard InChI is InChI=1S/C27H33N3O/c1-7-10-12-21(8-2)26(30-23-14-11-13-22(29)17-23)27(31)24(9-3)25(19(4)5)16-15-20(6)18-28/h7,9-17,26,30H,4,8,29H2,1-3,5-6H3/b10-7-,20-15+,21-12+,24-9+,25-16+. The van der Waals surface area contributed by atoms with Gasteiger partial charge in [-0.25, -0.2) is 0 Å². The molecule has 0 bridgehead atoms. The third-order valence-corrected chi connectivity index (χ3v) is 4.72. The third-order valence-electron chi connectivity index (χ3n) is 4.72. The van der Waals surface area contributed by atoms with E-state index in [1.807, 2.05) is 70.2 Å². The first-order valence-corrected chi connectivity index (χ1v) is 10.4. The Kier molecular flexibility index (Phi) is 10.6. The van der Waals surface area contributed by atoms with Crippen molar-refractivity contribution in [3.63, 3.8) is 0 Å². The molecule has 1 aromatic carbocycles. The average Bonchev–Trinajstić information content (AvgIpc) is 2.75. The van der Waals surface area contributed by atoms with Crippen LogP contribution < -0.4 is 11.1 Å². The summed E-state index contributed by atoms with van der Waals surface area (Å²) in [5, 5.41) is 12.4. The van der Waals surface area contributed by atoms with Gasteiger partial charge in [-0.3, -0.25) is 4.79 Å². The molecule has 162 valence electrons. The number of Topliss-reactive ketones (excluding diaryl/α,β-unsaturated/α-hetero) is 1. The fourth-order valence-electron chi connectivity index (χ4n) is 3.05. The molecule has 4 nitrogen and oxygen atoms in total. The molecule has 0 aromatic heterocycles. The van der Waals surface area contributed by atoms with Crippen molar-refractivity contribution in [2.45, 2.75) is 47.1 Å². The van der Waals surface area contributed by atoms with Gasteiger partial charge in [0.1, 0.15) is 6.04 Å². The summed E-state index contributed by atoms with van der Waals surface area (Å²) in [7, 11) is 0. The number of nitrogens with two attached hydrogens (primary N) is 1. The highest BCUT2D eigenvalue weighted by Crippen LogP contribution is 2.26. The monoisotopic (exact) mass is 415 g/mol. The molecule has 31 heavy (non-hydrogen) atoms. The molecule has 1 rings (SSSR count). The molecule has 0 saturated heterocycles. The van der Waals surface area contributed by atoms with Crippen LogP contribution in [0.5, 0.6) is 0 Å². The van der Waals surface area contributed by atoms with E-state index in [0.717, 1.165) is 16.8 Å². The predicted octanol–water partition coefficient (Wildman–Crippen LogP) is 6.45. The number of carbonyl (C=O) groups excluding carboxylic acids is 1. The molecular weight excluding hydrogens is 382 g/mol. The summed E-state index contributed by atoms with van der Waals surface area (Å²) < 4.78 is 0. The zero-order valence-electron chi connectivity index (χ0n) is 19.2. The van der Waals surface area contributed by atoms with Crippen LogP contribution in [0.3, 0.4) is 0 Å². The van der Waals surface area contributed by atoms with E-state index in [0.29, 0.717) is 28.8 Å². The Labute approximate surface area is 186 Å². The number of ketones is 1. The molecule has 0 fully saturated rings. The van der Waals surface area contributed by atoms with Gasteiger partial charge < -0.3 is 11.1 Å². The van der Waals surface area contributed by atoms with Crippen LogP contribution >= 0.6 is 0 Å². The number of carbonyl (C=O) groups is 1. The van der Waals surface area contributed by atoms with E-state index >= 15 is 0 Å². The first-order chi connectivity index (χ1) is 14.8. The molecular formula is C27H33N3O. The van der Waals surface area contributed by atoms with Crippen LogP contribution in [-0.2, 0) is 4.79 Å². The van der Waals surface area contributed by atoms with Crippen molar-refractivity contribution in [1.82, 2.24) is 0 Å². The van der Waals surface area contributed by atoms with Gasteiger partial charge in [-0.15, -0.1) is 0 Å². The van der Waals surface area contributed by atoms with Crippen molar-refractivity contribution in [2.75, 3.05) is 11.1 Å². The highest BCUT2D eigenvalue weighted by atomic mass is 16.1. The smallest absolute Gasteiger partial charge is 0.189 e. The largest absolute Gasteiger partial charge is 0.399 e. The van der Waals surface area contributed by atoms with Crippen LogP contribution in [0.1, 0.15) is 41.0 Å². The lowest BCUT2D eigenvalue weighted by Gasteiger charge is -2.24. The van der Waals surface area contributed by atoms with Crippen molar-refractivity contribution in [1.29, 1.82) is 5.26 Å². The third kappa shape index (κ3) is 7.64. The van der Waals surface area contributed by atoms with E-state index in [1.54, 1.807) is 25.2 Å². The number of nitriles is 1. The van der Waals surface area contributed by atoms with Crippen LogP contribution in [0.15, 0.2) is 95.2 Å².